The lowest BCUT2D eigenvalue weighted by Gasteiger charge is -2.14. The molecule has 1 aliphatic rings. The highest BCUT2D eigenvalue weighted by atomic mass is 35.5. The molecule has 0 spiro atoms. The van der Waals surface area contributed by atoms with Gasteiger partial charge in [0.2, 0.25) is 5.91 Å². The van der Waals surface area contributed by atoms with E-state index in [2.05, 4.69) is 5.32 Å². The van der Waals surface area contributed by atoms with Gasteiger partial charge in [-0.2, -0.15) is 0 Å². The summed E-state index contributed by atoms with van der Waals surface area (Å²) in [4.78, 5) is 37.0. The van der Waals surface area contributed by atoms with Gasteiger partial charge in [0, 0.05) is 17.6 Å². The van der Waals surface area contributed by atoms with Gasteiger partial charge in [-0.25, -0.2) is 0 Å². The summed E-state index contributed by atoms with van der Waals surface area (Å²) in [5, 5.41) is 13.3. The second-order valence-electron chi connectivity index (χ2n) is 5.81. The summed E-state index contributed by atoms with van der Waals surface area (Å²) in [5.41, 5.74) is 1.61. The van der Waals surface area contributed by atoms with E-state index < -0.39 is 17.6 Å². The van der Waals surface area contributed by atoms with Crippen LogP contribution in [0.4, 0.5) is 5.69 Å². The first-order chi connectivity index (χ1) is 12.4. The standard InChI is InChI=1S/C19H15ClN2O4/c1-11(23)21-15-8-4-13(5-9-15)16-17(24)19(26)22(18(16)25)10-12-2-6-14(20)7-3-12/h2-9,24H,10H2,1H3,(H,21,23). The van der Waals surface area contributed by atoms with Crippen LogP contribution >= 0.6 is 11.6 Å². The third-order valence-corrected chi connectivity index (χ3v) is 4.14. The number of hydrogen-bond donors (Lipinski definition) is 2. The van der Waals surface area contributed by atoms with Gasteiger partial charge in [0.25, 0.3) is 11.8 Å². The van der Waals surface area contributed by atoms with Crippen molar-refractivity contribution in [1.29, 1.82) is 0 Å². The number of aliphatic hydroxyl groups excluding tert-OH is 1. The molecule has 2 aromatic rings. The summed E-state index contributed by atoms with van der Waals surface area (Å²) in [6.45, 7) is 1.42. The summed E-state index contributed by atoms with van der Waals surface area (Å²) < 4.78 is 0. The summed E-state index contributed by atoms with van der Waals surface area (Å²) in [7, 11) is 0. The van der Waals surface area contributed by atoms with E-state index in [1.165, 1.54) is 6.92 Å². The molecule has 1 heterocycles. The molecule has 0 fully saturated rings. The first-order valence-electron chi connectivity index (χ1n) is 7.78. The topological polar surface area (TPSA) is 86.7 Å². The molecule has 3 rings (SSSR count). The van der Waals surface area contributed by atoms with Crippen LogP contribution in [-0.2, 0) is 20.9 Å². The Balaban J connectivity index is 1.84. The van der Waals surface area contributed by atoms with Crippen molar-refractivity contribution in [3.63, 3.8) is 0 Å². The zero-order valence-electron chi connectivity index (χ0n) is 13.8. The Bertz CT molecular complexity index is 918. The van der Waals surface area contributed by atoms with E-state index in [-0.39, 0.29) is 18.0 Å². The van der Waals surface area contributed by atoms with Gasteiger partial charge in [-0.05, 0) is 35.4 Å². The Labute approximate surface area is 154 Å². The van der Waals surface area contributed by atoms with Gasteiger partial charge in [-0.3, -0.25) is 19.3 Å². The number of aliphatic hydroxyl groups is 1. The quantitative estimate of drug-likeness (QED) is 0.809. The third-order valence-electron chi connectivity index (χ3n) is 3.89. The number of carbonyl (C=O) groups is 3. The molecule has 6 nitrogen and oxygen atoms in total. The maximum absolute atomic E-state index is 12.7. The molecule has 0 aliphatic carbocycles. The van der Waals surface area contributed by atoms with E-state index in [1.54, 1.807) is 48.5 Å². The number of amides is 3. The van der Waals surface area contributed by atoms with Crippen molar-refractivity contribution in [3.05, 3.63) is 70.4 Å². The maximum atomic E-state index is 12.7. The fourth-order valence-electron chi connectivity index (χ4n) is 2.66. The number of nitrogens with one attached hydrogen (secondary N) is 1. The Morgan fingerprint density at radius 2 is 1.65 bits per heavy atom. The van der Waals surface area contributed by atoms with E-state index in [0.29, 0.717) is 21.8 Å². The summed E-state index contributed by atoms with van der Waals surface area (Å²) in [6, 6.07) is 13.1. The molecule has 3 amide bonds. The predicted octanol–water partition coefficient (Wildman–Crippen LogP) is 3.14. The van der Waals surface area contributed by atoms with Crippen LogP contribution in [0.25, 0.3) is 5.57 Å². The number of imide groups is 1. The van der Waals surface area contributed by atoms with Gasteiger partial charge in [0.05, 0.1) is 12.1 Å². The molecule has 0 aromatic heterocycles. The highest BCUT2D eigenvalue weighted by molar-refractivity contribution is 6.34. The Kier molecular flexibility index (Phi) is 4.77. The van der Waals surface area contributed by atoms with Crippen molar-refractivity contribution in [2.45, 2.75) is 13.5 Å². The van der Waals surface area contributed by atoms with Crippen LogP contribution in [-0.4, -0.2) is 27.7 Å². The van der Waals surface area contributed by atoms with Gasteiger partial charge in [0.1, 0.15) is 0 Å². The van der Waals surface area contributed by atoms with Gasteiger partial charge in [0.15, 0.2) is 5.76 Å². The number of hydrogen-bond acceptors (Lipinski definition) is 4. The summed E-state index contributed by atoms with van der Waals surface area (Å²) >= 11 is 5.83. The van der Waals surface area contributed by atoms with Crippen LogP contribution in [0.2, 0.25) is 5.02 Å². The lowest BCUT2D eigenvalue weighted by atomic mass is 10.1. The van der Waals surface area contributed by atoms with E-state index >= 15 is 0 Å². The molecule has 0 saturated carbocycles. The third kappa shape index (κ3) is 3.45. The highest BCUT2D eigenvalue weighted by Crippen LogP contribution is 2.30. The molecule has 1 aliphatic heterocycles. The minimum Gasteiger partial charge on any atom is -0.502 e. The fourth-order valence-corrected chi connectivity index (χ4v) is 2.79. The normalized spacial score (nSPS) is 14.2. The molecule has 26 heavy (non-hydrogen) atoms. The van der Waals surface area contributed by atoms with Crippen molar-refractivity contribution in [2.75, 3.05) is 5.32 Å². The second kappa shape index (κ2) is 7.01. The molecule has 0 atom stereocenters. The first-order valence-corrected chi connectivity index (χ1v) is 8.16. The largest absolute Gasteiger partial charge is 0.502 e. The Morgan fingerprint density at radius 1 is 1.04 bits per heavy atom. The summed E-state index contributed by atoms with van der Waals surface area (Å²) in [5.74, 6) is -2.13. The average molecular weight is 371 g/mol. The molecule has 0 bridgehead atoms. The maximum Gasteiger partial charge on any atom is 0.296 e. The average Bonchev–Trinajstić information content (AvgIpc) is 2.81. The van der Waals surface area contributed by atoms with Gasteiger partial charge in [-0.1, -0.05) is 35.9 Å². The minimum absolute atomic E-state index is 0.0341. The number of carbonyl (C=O) groups excluding carboxylic acids is 3. The van der Waals surface area contributed by atoms with E-state index in [4.69, 9.17) is 11.6 Å². The number of anilines is 1. The molecular formula is C19H15ClN2O4. The van der Waals surface area contributed by atoms with Crippen LogP contribution in [0.1, 0.15) is 18.1 Å². The zero-order valence-corrected chi connectivity index (χ0v) is 14.6. The van der Waals surface area contributed by atoms with Crippen molar-refractivity contribution < 1.29 is 19.5 Å². The fraction of sp³-hybridized carbons (Fsp3) is 0.105. The van der Waals surface area contributed by atoms with Crippen LogP contribution in [0.3, 0.4) is 0 Å². The van der Waals surface area contributed by atoms with Crippen LogP contribution < -0.4 is 5.32 Å². The van der Waals surface area contributed by atoms with Gasteiger partial charge >= 0.3 is 0 Å². The van der Waals surface area contributed by atoms with Crippen LogP contribution in [0.15, 0.2) is 54.3 Å². The zero-order chi connectivity index (χ0) is 18.8. The molecule has 0 unspecified atom stereocenters. The predicted molar refractivity (Wildman–Crippen MR) is 97.3 cm³/mol. The van der Waals surface area contributed by atoms with E-state index in [0.717, 1.165) is 4.90 Å². The van der Waals surface area contributed by atoms with Crippen molar-refractivity contribution in [1.82, 2.24) is 4.90 Å². The minimum atomic E-state index is -0.745. The molecule has 2 aromatic carbocycles. The monoisotopic (exact) mass is 370 g/mol. The molecule has 7 heteroatoms. The molecule has 2 N–H and O–H groups in total. The summed E-state index contributed by atoms with van der Waals surface area (Å²) in [6.07, 6.45) is 0. The Morgan fingerprint density at radius 3 is 2.23 bits per heavy atom. The van der Waals surface area contributed by atoms with Crippen molar-refractivity contribution >= 4 is 40.6 Å². The van der Waals surface area contributed by atoms with Crippen molar-refractivity contribution in [2.24, 2.45) is 0 Å². The first kappa shape index (κ1) is 17.7. The van der Waals surface area contributed by atoms with Gasteiger partial charge in [-0.15, -0.1) is 0 Å². The number of rotatable bonds is 4. The van der Waals surface area contributed by atoms with Gasteiger partial charge < -0.3 is 10.4 Å². The number of nitrogens with zero attached hydrogens (tertiary/aromatic N) is 1. The molecule has 0 saturated heterocycles. The molecule has 0 radical (unpaired) electrons. The lowest BCUT2D eigenvalue weighted by Crippen LogP contribution is -2.31. The molecule has 132 valence electrons. The lowest BCUT2D eigenvalue weighted by molar-refractivity contribution is -0.138. The van der Waals surface area contributed by atoms with E-state index in [9.17, 15) is 19.5 Å². The van der Waals surface area contributed by atoms with E-state index in [1.807, 2.05) is 0 Å². The van der Waals surface area contributed by atoms with Crippen LogP contribution in [0, 0.1) is 0 Å². The highest BCUT2D eigenvalue weighted by Gasteiger charge is 2.39. The number of benzene rings is 2. The molecular weight excluding hydrogens is 356 g/mol. The second-order valence-corrected chi connectivity index (χ2v) is 6.24. The van der Waals surface area contributed by atoms with Crippen molar-refractivity contribution in [3.8, 4) is 0 Å². The van der Waals surface area contributed by atoms with Crippen LogP contribution in [0.5, 0.6) is 0 Å². The number of halogens is 1. The SMILES string of the molecule is CC(=O)Nc1ccc(C2=C(O)C(=O)N(Cc3ccc(Cl)cc3)C2=O)cc1. The smallest absolute Gasteiger partial charge is 0.296 e. The Hall–Kier alpha value is -3.12.